The van der Waals surface area contributed by atoms with Crippen molar-refractivity contribution in [1.82, 2.24) is 0 Å². The number of halogens is 1. The number of ketones is 2. The Hall–Kier alpha value is -4.89. The molecule has 1 amide bonds. The molecule has 3 aliphatic rings. The van der Waals surface area contributed by atoms with Crippen LogP contribution in [0.2, 0.25) is 0 Å². The molecule has 1 N–H and O–H groups in total. The number of non-ortho nitro benzene ring substituents is 1. The molecule has 4 aromatic carbocycles. The summed E-state index contributed by atoms with van der Waals surface area (Å²) in [6.07, 6.45) is 3.77. The number of nitro benzene ring substituents is 1. The van der Waals surface area contributed by atoms with Crippen molar-refractivity contribution >= 4 is 56.5 Å². The summed E-state index contributed by atoms with van der Waals surface area (Å²) in [5.41, 5.74) is 1.31. The number of amides is 1. The smallest absolute Gasteiger partial charge is 0.270 e. The van der Waals surface area contributed by atoms with Crippen molar-refractivity contribution in [2.45, 2.75) is 17.5 Å². The third kappa shape index (κ3) is 3.63. The summed E-state index contributed by atoms with van der Waals surface area (Å²) in [5, 5.41) is 14.6. The van der Waals surface area contributed by atoms with E-state index in [9.17, 15) is 24.5 Å². The number of carbonyl (C=O) groups excluding carboxylic acids is 3. The highest BCUT2D eigenvalue weighted by Gasteiger charge is 2.71. The van der Waals surface area contributed by atoms with Gasteiger partial charge in [-0.1, -0.05) is 88.7 Å². The van der Waals surface area contributed by atoms with E-state index in [1.54, 1.807) is 48.5 Å². The van der Waals surface area contributed by atoms with E-state index >= 15 is 0 Å². The van der Waals surface area contributed by atoms with E-state index in [0.717, 1.165) is 15.7 Å². The summed E-state index contributed by atoms with van der Waals surface area (Å²) >= 11 is 3.43. The first-order chi connectivity index (χ1) is 20.3. The molecule has 9 heteroatoms. The fraction of sp³-hybridized carbons (Fsp3) is 0.121. The number of hydrogen-bond acceptors (Lipinski definition) is 6. The van der Waals surface area contributed by atoms with Crippen molar-refractivity contribution in [3.63, 3.8) is 0 Å². The molecular formula is C33H22BrN3O5. The minimum Gasteiger partial charge on any atom is -0.352 e. The highest BCUT2D eigenvalue weighted by Crippen LogP contribution is 2.58. The van der Waals surface area contributed by atoms with Crippen LogP contribution >= 0.6 is 15.9 Å². The van der Waals surface area contributed by atoms with E-state index in [2.05, 4.69) is 21.2 Å². The van der Waals surface area contributed by atoms with E-state index < -0.39 is 40.0 Å². The van der Waals surface area contributed by atoms with E-state index in [-0.39, 0.29) is 17.0 Å². The van der Waals surface area contributed by atoms with Gasteiger partial charge in [0.2, 0.25) is 5.91 Å². The largest absolute Gasteiger partial charge is 0.352 e. The van der Waals surface area contributed by atoms with E-state index in [1.165, 1.54) is 24.3 Å². The predicted octanol–water partition coefficient (Wildman–Crippen LogP) is 6.21. The first-order valence-electron chi connectivity index (χ1n) is 13.4. The summed E-state index contributed by atoms with van der Waals surface area (Å²) in [7, 11) is 0. The third-order valence-corrected chi connectivity index (χ3v) is 9.08. The zero-order valence-corrected chi connectivity index (χ0v) is 23.5. The molecule has 7 rings (SSSR count). The number of fused-ring (bicyclic) bond motifs is 5. The van der Waals surface area contributed by atoms with Crippen LogP contribution in [0, 0.1) is 16.0 Å². The molecule has 1 unspecified atom stereocenters. The SMILES string of the molecule is O=C(c1ccc(Br)cc1)[C@@H]1N2c3ccccc3C=CC2[C@H](C(=O)c2cccc([N+](=O)[O-])c2)[C@]12C(=O)Nc1ccccc12. The Morgan fingerprint density at radius 1 is 0.881 bits per heavy atom. The van der Waals surface area contributed by atoms with E-state index in [1.807, 2.05) is 41.3 Å². The van der Waals surface area contributed by atoms with Crippen LogP contribution in [0.4, 0.5) is 17.1 Å². The molecule has 3 heterocycles. The number of nitrogens with one attached hydrogen (secondary N) is 1. The summed E-state index contributed by atoms with van der Waals surface area (Å²) < 4.78 is 0.798. The normalized spacial score (nSPS) is 23.2. The minimum atomic E-state index is -1.63. The second kappa shape index (κ2) is 9.60. The van der Waals surface area contributed by atoms with Crippen LogP contribution in [-0.2, 0) is 10.2 Å². The monoisotopic (exact) mass is 619 g/mol. The zero-order valence-electron chi connectivity index (χ0n) is 21.9. The minimum absolute atomic E-state index is 0.106. The molecule has 8 nitrogen and oxygen atoms in total. The molecular weight excluding hydrogens is 598 g/mol. The maximum atomic E-state index is 14.7. The second-order valence-electron chi connectivity index (χ2n) is 10.6. The van der Waals surface area contributed by atoms with Crippen LogP contribution < -0.4 is 10.2 Å². The highest BCUT2D eigenvalue weighted by atomic mass is 79.9. The van der Waals surface area contributed by atoms with Gasteiger partial charge in [0.05, 0.1) is 16.9 Å². The number of rotatable bonds is 5. The van der Waals surface area contributed by atoms with Crippen LogP contribution in [0.5, 0.6) is 0 Å². The third-order valence-electron chi connectivity index (χ3n) is 8.55. The van der Waals surface area contributed by atoms with Gasteiger partial charge in [0, 0.05) is 39.1 Å². The Morgan fingerprint density at radius 2 is 1.62 bits per heavy atom. The summed E-state index contributed by atoms with van der Waals surface area (Å²) in [4.78, 5) is 56.8. The Labute approximate surface area is 248 Å². The van der Waals surface area contributed by atoms with Gasteiger partial charge in [0.25, 0.3) is 5.69 Å². The van der Waals surface area contributed by atoms with Crippen LogP contribution in [0.15, 0.2) is 108 Å². The lowest BCUT2D eigenvalue weighted by Gasteiger charge is -2.37. The van der Waals surface area contributed by atoms with Crippen LogP contribution in [0.3, 0.4) is 0 Å². The summed E-state index contributed by atoms with van der Waals surface area (Å²) in [6.45, 7) is 0. The average molecular weight is 620 g/mol. The topological polar surface area (TPSA) is 110 Å². The van der Waals surface area contributed by atoms with Gasteiger partial charge in [0.1, 0.15) is 11.5 Å². The van der Waals surface area contributed by atoms with Gasteiger partial charge in [0.15, 0.2) is 11.6 Å². The number of para-hydroxylation sites is 2. The Balaban J connectivity index is 1.53. The van der Waals surface area contributed by atoms with Gasteiger partial charge in [-0.25, -0.2) is 0 Å². The molecule has 0 aromatic heterocycles. The number of nitro groups is 1. The predicted molar refractivity (Wildman–Crippen MR) is 162 cm³/mol. The molecule has 4 aromatic rings. The van der Waals surface area contributed by atoms with Crippen molar-refractivity contribution in [2.75, 3.05) is 10.2 Å². The van der Waals surface area contributed by atoms with Crippen LogP contribution in [-0.4, -0.2) is 34.5 Å². The fourth-order valence-electron chi connectivity index (χ4n) is 6.86. The molecule has 206 valence electrons. The molecule has 0 aliphatic carbocycles. The molecule has 0 radical (unpaired) electrons. The summed E-state index contributed by atoms with van der Waals surface area (Å²) in [6, 6.07) is 25.4. The number of benzene rings is 4. The number of anilines is 2. The van der Waals surface area contributed by atoms with Gasteiger partial charge in [-0.05, 0) is 35.4 Å². The molecule has 3 aliphatic heterocycles. The number of hydrogen-bond donors (Lipinski definition) is 1. The van der Waals surface area contributed by atoms with Gasteiger partial charge in [-0.3, -0.25) is 24.5 Å². The molecule has 1 spiro atoms. The van der Waals surface area contributed by atoms with Gasteiger partial charge >= 0.3 is 0 Å². The van der Waals surface area contributed by atoms with Crippen molar-refractivity contribution in [3.8, 4) is 0 Å². The van der Waals surface area contributed by atoms with Crippen molar-refractivity contribution in [2.24, 2.45) is 5.92 Å². The summed E-state index contributed by atoms with van der Waals surface area (Å²) in [5.74, 6) is -2.28. The Bertz CT molecular complexity index is 1850. The van der Waals surface area contributed by atoms with Gasteiger partial charge < -0.3 is 10.2 Å². The number of Topliss-reactive ketones (excluding diaryl/α,β-unsaturated/α-hetero) is 2. The van der Waals surface area contributed by atoms with Crippen molar-refractivity contribution in [1.29, 1.82) is 0 Å². The molecule has 4 atom stereocenters. The first kappa shape index (κ1) is 26.0. The maximum Gasteiger partial charge on any atom is 0.270 e. The Morgan fingerprint density at radius 3 is 2.40 bits per heavy atom. The van der Waals surface area contributed by atoms with Crippen LogP contribution in [0.1, 0.15) is 31.8 Å². The Kier molecular flexibility index (Phi) is 5.95. The number of nitrogens with zero attached hydrogens (tertiary/aromatic N) is 2. The molecule has 1 saturated heterocycles. The highest BCUT2D eigenvalue weighted by molar-refractivity contribution is 9.10. The molecule has 42 heavy (non-hydrogen) atoms. The second-order valence-corrected chi connectivity index (χ2v) is 11.5. The lowest BCUT2D eigenvalue weighted by molar-refractivity contribution is -0.384. The fourth-order valence-corrected chi connectivity index (χ4v) is 7.13. The molecule has 0 bridgehead atoms. The number of carbonyl (C=O) groups is 3. The average Bonchev–Trinajstić information content (AvgIpc) is 3.48. The van der Waals surface area contributed by atoms with Gasteiger partial charge in [-0.15, -0.1) is 0 Å². The quantitative estimate of drug-likeness (QED) is 0.161. The molecule has 1 fully saturated rings. The first-order valence-corrected chi connectivity index (χ1v) is 14.2. The van der Waals surface area contributed by atoms with Crippen LogP contribution in [0.25, 0.3) is 6.08 Å². The van der Waals surface area contributed by atoms with E-state index in [4.69, 9.17) is 0 Å². The standard InChI is InChI=1S/C33H22BrN3O5/c34-22-15-12-20(13-16-22)30(39)31-33(24-9-2-3-10-25(24)35-32(33)40)28(29(38)21-7-5-8-23(18-21)37(41)42)27-17-14-19-6-1-4-11-26(19)36(27)31/h1-18,27-28,31H,(H,35,40)/t27?,28-,31+,33+/m1/s1. The molecule has 0 saturated carbocycles. The van der Waals surface area contributed by atoms with E-state index in [0.29, 0.717) is 16.8 Å². The lowest BCUT2D eigenvalue weighted by Crippen LogP contribution is -2.55. The van der Waals surface area contributed by atoms with Crippen molar-refractivity contribution < 1.29 is 19.3 Å². The van der Waals surface area contributed by atoms with Gasteiger partial charge in [-0.2, -0.15) is 0 Å². The maximum absolute atomic E-state index is 14.7. The lowest BCUT2D eigenvalue weighted by atomic mass is 9.63. The zero-order chi connectivity index (χ0) is 29.2. The van der Waals surface area contributed by atoms with Crippen molar-refractivity contribution in [3.05, 3.63) is 140 Å².